The van der Waals surface area contributed by atoms with Crippen LogP contribution in [0.1, 0.15) is 58.7 Å². The highest BCUT2D eigenvalue weighted by Gasteiger charge is 2.38. The summed E-state index contributed by atoms with van der Waals surface area (Å²) in [5.41, 5.74) is 2.47. The standard InChI is InChI=1S/C26H26F4N6O/c1-15-14-35(10-11-36(15)25-31-13-21(16(2)37)23(32-25)26(28,29)30)24-20-5-3-4-19(20)22(33-34-24)12-17-6-8-18(27)9-7-17/h6-9,13,15H,3-5,10-12,14H2,1-2H3. The van der Waals surface area contributed by atoms with E-state index in [9.17, 15) is 22.4 Å². The van der Waals surface area contributed by atoms with Gasteiger partial charge in [-0.3, -0.25) is 4.79 Å². The molecule has 1 atom stereocenters. The van der Waals surface area contributed by atoms with Crippen molar-refractivity contribution in [1.29, 1.82) is 0 Å². The van der Waals surface area contributed by atoms with Crippen LogP contribution >= 0.6 is 0 Å². The number of Topliss-reactive ketones (excluding diaryl/α,β-unsaturated/α-hetero) is 1. The first-order valence-corrected chi connectivity index (χ1v) is 12.2. The average Bonchev–Trinajstić information content (AvgIpc) is 3.35. The van der Waals surface area contributed by atoms with E-state index in [1.165, 1.54) is 17.7 Å². The second-order valence-electron chi connectivity index (χ2n) is 9.56. The molecule has 0 radical (unpaired) electrons. The molecule has 2 aromatic heterocycles. The smallest absolute Gasteiger partial charge is 0.351 e. The summed E-state index contributed by atoms with van der Waals surface area (Å²) in [5.74, 6) is -0.244. The Morgan fingerprint density at radius 2 is 1.81 bits per heavy atom. The summed E-state index contributed by atoms with van der Waals surface area (Å²) in [4.78, 5) is 23.4. The molecule has 0 saturated carbocycles. The summed E-state index contributed by atoms with van der Waals surface area (Å²) >= 11 is 0. The van der Waals surface area contributed by atoms with E-state index in [-0.39, 0.29) is 17.8 Å². The van der Waals surface area contributed by atoms with Crippen molar-refractivity contribution >= 4 is 17.5 Å². The number of fused-ring (bicyclic) bond motifs is 1. The Morgan fingerprint density at radius 1 is 1.08 bits per heavy atom. The van der Waals surface area contributed by atoms with Gasteiger partial charge in [-0.05, 0) is 56.4 Å². The summed E-state index contributed by atoms with van der Waals surface area (Å²) < 4.78 is 53.9. The highest BCUT2D eigenvalue weighted by Crippen LogP contribution is 2.35. The monoisotopic (exact) mass is 514 g/mol. The van der Waals surface area contributed by atoms with Gasteiger partial charge in [0, 0.05) is 43.9 Å². The second-order valence-corrected chi connectivity index (χ2v) is 9.56. The van der Waals surface area contributed by atoms with Crippen LogP contribution < -0.4 is 9.80 Å². The maximum absolute atomic E-state index is 13.6. The van der Waals surface area contributed by atoms with Gasteiger partial charge in [-0.1, -0.05) is 12.1 Å². The van der Waals surface area contributed by atoms with Crippen LogP contribution in [0.25, 0.3) is 0 Å². The van der Waals surface area contributed by atoms with E-state index in [1.807, 2.05) is 6.92 Å². The number of alkyl halides is 3. The number of carbonyl (C=O) groups is 1. The fraction of sp³-hybridized carbons (Fsp3) is 0.423. The Balaban J connectivity index is 1.36. The maximum atomic E-state index is 13.6. The number of aromatic nitrogens is 4. The predicted octanol–water partition coefficient (Wildman–Crippen LogP) is 4.42. The molecule has 1 aliphatic carbocycles. The lowest BCUT2D eigenvalue weighted by atomic mass is 10.0. The molecular weight excluding hydrogens is 488 g/mol. The van der Waals surface area contributed by atoms with Crippen molar-refractivity contribution in [3.63, 3.8) is 0 Å². The van der Waals surface area contributed by atoms with E-state index in [0.29, 0.717) is 26.1 Å². The first-order chi connectivity index (χ1) is 17.6. The molecule has 0 spiro atoms. The van der Waals surface area contributed by atoms with Gasteiger partial charge < -0.3 is 9.80 Å². The average molecular weight is 515 g/mol. The SMILES string of the molecule is CC(=O)c1cnc(N2CCN(c3nnc(Cc4ccc(F)cc4)c4c3CCC4)CC2C)nc1C(F)(F)F. The molecule has 1 aromatic carbocycles. The summed E-state index contributed by atoms with van der Waals surface area (Å²) in [6, 6.07) is 6.18. The molecule has 1 aliphatic heterocycles. The largest absolute Gasteiger partial charge is 0.434 e. The Bertz CT molecular complexity index is 1330. The number of hydrogen-bond acceptors (Lipinski definition) is 7. The predicted molar refractivity (Wildman–Crippen MR) is 129 cm³/mol. The minimum absolute atomic E-state index is 0.0459. The minimum atomic E-state index is -4.75. The fourth-order valence-corrected chi connectivity index (χ4v) is 5.16. The summed E-state index contributed by atoms with van der Waals surface area (Å²) in [6.07, 6.45) is -0.427. The molecule has 11 heteroatoms. The zero-order valence-corrected chi connectivity index (χ0v) is 20.5. The number of benzene rings is 1. The quantitative estimate of drug-likeness (QED) is 0.369. The van der Waals surface area contributed by atoms with E-state index in [1.54, 1.807) is 17.0 Å². The summed E-state index contributed by atoms with van der Waals surface area (Å²) in [6.45, 7) is 4.39. The molecule has 5 rings (SSSR count). The Morgan fingerprint density at radius 3 is 2.49 bits per heavy atom. The second kappa shape index (κ2) is 9.68. The van der Waals surface area contributed by atoms with Crippen LogP contribution in [0.2, 0.25) is 0 Å². The molecule has 3 aromatic rings. The van der Waals surface area contributed by atoms with E-state index in [0.717, 1.165) is 55.0 Å². The molecule has 2 aliphatic rings. The molecule has 37 heavy (non-hydrogen) atoms. The van der Waals surface area contributed by atoms with Gasteiger partial charge in [-0.25, -0.2) is 14.4 Å². The molecule has 0 amide bonds. The minimum Gasteiger partial charge on any atom is -0.351 e. The number of hydrogen-bond donors (Lipinski definition) is 0. The van der Waals surface area contributed by atoms with Crippen molar-refractivity contribution in [2.24, 2.45) is 0 Å². The molecule has 1 unspecified atom stereocenters. The fourth-order valence-electron chi connectivity index (χ4n) is 5.16. The van der Waals surface area contributed by atoms with Gasteiger partial charge >= 0.3 is 6.18 Å². The molecule has 3 heterocycles. The van der Waals surface area contributed by atoms with Crippen molar-refractivity contribution in [3.8, 4) is 0 Å². The normalized spacial score (nSPS) is 17.7. The van der Waals surface area contributed by atoms with Gasteiger partial charge in [-0.15, -0.1) is 5.10 Å². The van der Waals surface area contributed by atoms with Gasteiger partial charge in [0.2, 0.25) is 5.95 Å². The third kappa shape index (κ3) is 4.99. The number of anilines is 2. The molecule has 194 valence electrons. The van der Waals surface area contributed by atoms with Crippen molar-refractivity contribution in [1.82, 2.24) is 20.2 Å². The van der Waals surface area contributed by atoms with Crippen molar-refractivity contribution in [2.75, 3.05) is 29.4 Å². The van der Waals surface area contributed by atoms with E-state index < -0.39 is 23.2 Å². The van der Waals surface area contributed by atoms with Crippen LogP contribution in [0.5, 0.6) is 0 Å². The van der Waals surface area contributed by atoms with E-state index >= 15 is 0 Å². The van der Waals surface area contributed by atoms with Crippen LogP contribution in [0.4, 0.5) is 29.3 Å². The molecule has 0 N–H and O–H groups in total. The lowest BCUT2D eigenvalue weighted by Crippen LogP contribution is -2.53. The molecule has 1 saturated heterocycles. The third-order valence-corrected chi connectivity index (χ3v) is 6.99. The summed E-state index contributed by atoms with van der Waals surface area (Å²) in [7, 11) is 0. The topological polar surface area (TPSA) is 75.1 Å². The van der Waals surface area contributed by atoms with Crippen LogP contribution in [0, 0.1) is 5.82 Å². The van der Waals surface area contributed by atoms with Crippen molar-refractivity contribution < 1.29 is 22.4 Å². The van der Waals surface area contributed by atoms with E-state index in [2.05, 4.69) is 25.1 Å². The van der Waals surface area contributed by atoms with Crippen molar-refractivity contribution in [2.45, 2.75) is 51.7 Å². The number of halogens is 4. The Labute approximate surface area is 211 Å². The molecule has 0 bridgehead atoms. The Hall–Kier alpha value is -3.63. The van der Waals surface area contributed by atoms with Gasteiger partial charge in [0.25, 0.3) is 0 Å². The first-order valence-electron chi connectivity index (χ1n) is 12.2. The lowest BCUT2D eigenvalue weighted by molar-refractivity contribution is -0.141. The molecule has 1 fully saturated rings. The number of nitrogens with zero attached hydrogens (tertiary/aromatic N) is 6. The number of ketones is 1. The van der Waals surface area contributed by atoms with Gasteiger partial charge in [0.1, 0.15) is 5.82 Å². The van der Waals surface area contributed by atoms with Crippen LogP contribution in [-0.4, -0.2) is 51.6 Å². The first kappa shape index (κ1) is 25.0. The number of rotatable bonds is 5. The van der Waals surface area contributed by atoms with Crippen LogP contribution in [0.15, 0.2) is 30.5 Å². The zero-order valence-electron chi connectivity index (χ0n) is 20.5. The van der Waals surface area contributed by atoms with E-state index in [4.69, 9.17) is 0 Å². The highest BCUT2D eigenvalue weighted by atomic mass is 19.4. The van der Waals surface area contributed by atoms with Gasteiger partial charge in [0.05, 0.1) is 11.3 Å². The third-order valence-electron chi connectivity index (χ3n) is 6.99. The zero-order chi connectivity index (χ0) is 26.3. The number of carbonyl (C=O) groups excluding carboxylic acids is 1. The van der Waals surface area contributed by atoms with Gasteiger partial charge in [-0.2, -0.15) is 18.3 Å². The maximum Gasteiger partial charge on any atom is 0.434 e. The molecular formula is C26H26F4N6O. The number of piperazine rings is 1. The Kier molecular flexibility index (Phi) is 6.55. The van der Waals surface area contributed by atoms with Crippen LogP contribution in [-0.2, 0) is 25.4 Å². The van der Waals surface area contributed by atoms with Crippen molar-refractivity contribution in [3.05, 3.63) is 69.9 Å². The molecule has 7 nitrogen and oxygen atoms in total. The lowest BCUT2D eigenvalue weighted by Gasteiger charge is -2.41. The van der Waals surface area contributed by atoms with Crippen LogP contribution in [0.3, 0.4) is 0 Å². The van der Waals surface area contributed by atoms with Gasteiger partial charge in [0.15, 0.2) is 17.3 Å². The highest BCUT2D eigenvalue weighted by molar-refractivity contribution is 5.95. The summed E-state index contributed by atoms with van der Waals surface area (Å²) in [5, 5.41) is 9.09.